The first kappa shape index (κ1) is 24.1. The second-order valence-corrected chi connectivity index (χ2v) is 8.25. The minimum atomic E-state index is -0.884. The molecule has 1 saturated heterocycles. The van der Waals surface area contributed by atoms with E-state index >= 15 is 0 Å². The number of carbonyl (C=O) groups excluding carboxylic acids is 3. The van der Waals surface area contributed by atoms with Gasteiger partial charge in [0.15, 0.2) is 11.5 Å². The third-order valence-electron chi connectivity index (χ3n) is 5.11. The van der Waals surface area contributed by atoms with Crippen molar-refractivity contribution in [3.05, 3.63) is 87.4 Å². The molecule has 1 aliphatic heterocycles. The normalized spacial score (nSPS) is 14.8. The van der Waals surface area contributed by atoms with E-state index in [1.807, 2.05) is 0 Å². The van der Waals surface area contributed by atoms with Crippen LogP contribution in [0.5, 0.6) is 17.2 Å². The van der Waals surface area contributed by atoms with Crippen molar-refractivity contribution in [1.29, 1.82) is 0 Å². The standard InChI is InChI=1S/C25H18Cl2N2O6/c1-34-22-11-14(2-9-21(22)35-13-15-3-4-16(26)12-20(15)27)10-19-23(31)28-25(33)29(24(19)32)17-5-7-18(30)8-6-17/h2-12,30H,13H2,1H3,(H,28,31,33)/b19-10+. The molecule has 10 heteroatoms. The van der Waals surface area contributed by atoms with E-state index in [9.17, 15) is 19.5 Å². The molecule has 35 heavy (non-hydrogen) atoms. The Morgan fingerprint density at radius 2 is 1.71 bits per heavy atom. The van der Waals surface area contributed by atoms with Crippen molar-refractivity contribution in [1.82, 2.24) is 5.32 Å². The summed E-state index contributed by atoms with van der Waals surface area (Å²) in [5.41, 5.74) is 1.15. The zero-order valence-corrected chi connectivity index (χ0v) is 19.8. The van der Waals surface area contributed by atoms with Crippen LogP contribution in [0.2, 0.25) is 10.0 Å². The number of hydrogen-bond acceptors (Lipinski definition) is 6. The molecule has 2 N–H and O–H groups in total. The molecule has 8 nitrogen and oxygen atoms in total. The lowest BCUT2D eigenvalue weighted by Crippen LogP contribution is -2.54. The van der Waals surface area contributed by atoms with Gasteiger partial charge in [-0.15, -0.1) is 0 Å². The lowest BCUT2D eigenvalue weighted by molar-refractivity contribution is -0.122. The predicted octanol–water partition coefficient (Wildman–Crippen LogP) is 4.95. The Kier molecular flexibility index (Phi) is 6.95. The number of amides is 4. The summed E-state index contributed by atoms with van der Waals surface area (Å²) < 4.78 is 11.2. The van der Waals surface area contributed by atoms with E-state index in [-0.39, 0.29) is 23.6 Å². The molecule has 0 radical (unpaired) electrons. The highest BCUT2D eigenvalue weighted by molar-refractivity contribution is 6.39. The molecule has 3 aromatic carbocycles. The van der Waals surface area contributed by atoms with Gasteiger partial charge < -0.3 is 14.6 Å². The van der Waals surface area contributed by atoms with Gasteiger partial charge in [-0.3, -0.25) is 14.9 Å². The first-order valence-corrected chi connectivity index (χ1v) is 11.0. The molecule has 4 amide bonds. The minimum absolute atomic E-state index is 0.0294. The van der Waals surface area contributed by atoms with E-state index in [2.05, 4.69) is 5.32 Å². The van der Waals surface area contributed by atoms with Gasteiger partial charge in [0.2, 0.25) is 0 Å². The number of nitrogens with one attached hydrogen (secondary N) is 1. The Balaban J connectivity index is 1.59. The van der Waals surface area contributed by atoms with E-state index in [1.54, 1.807) is 36.4 Å². The average molecular weight is 513 g/mol. The largest absolute Gasteiger partial charge is 0.508 e. The number of anilines is 1. The lowest BCUT2D eigenvalue weighted by atomic mass is 10.1. The Morgan fingerprint density at radius 1 is 0.971 bits per heavy atom. The molecule has 0 saturated carbocycles. The lowest BCUT2D eigenvalue weighted by Gasteiger charge is -2.26. The summed E-state index contributed by atoms with van der Waals surface area (Å²) in [5, 5.41) is 12.6. The summed E-state index contributed by atoms with van der Waals surface area (Å²) in [4.78, 5) is 38.6. The number of imide groups is 2. The summed E-state index contributed by atoms with van der Waals surface area (Å²) in [6.45, 7) is 0.164. The molecule has 0 unspecified atom stereocenters. The van der Waals surface area contributed by atoms with Crippen LogP contribution in [0, 0.1) is 0 Å². The van der Waals surface area contributed by atoms with Crippen LogP contribution in [0.3, 0.4) is 0 Å². The molecule has 1 fully saturated rings. The van der Waals surface area contributed by atoms with Crippen molar-refractivity contribution in [3.8, 4) is 17.2 Å². The molecule has 0 bridgehead atoms. The van der Waals surface area contributed by atoms with Crippen LogP contribution >= 0.6 is 23.2 Å². The first-order valence-electron chi connectivity index (χ1n) is 10.2. The Hall–Kier alpha value is -4.01. The molecule has 4 rings (SSSR count). The van der Waals surface area contributed by atoms with Crippen molar-refractivity contribution in [2.24, 2.45) is 0 Å². The number of ether oxygens (including phenoxy) is 2. The molecule has 1 aliphatic rings. The highest BCUT2D eigenvalue weighted by Crippen LogP contribution is 2.31. The minimum Gasteiger partial charge on any atom is -0.508 e. The van der Waals surface area contributed by atoms with Crippen LogP contribution in [0.4, 0.5) is 10.5 Å². The van der Waals surface area contributed by atoms with Crippen LogP contribution in [0.1, 0.15) is 11.1 Å². The summed E-state index contributed by atoms with van der Waals surface area (Å²) in [6, 6.07) is 14.5. The predicted molar refractivity (Wildman–Crippen MR) is 131 cm³/mol. The fraction of sp³-hybridized carbons (Fsp3) is 0.0800. The number of barbiturate groups is 1. The van der Waals surface area contributed by atoms with E-state index in [4.69, 9.17) is 32.7 Å². The Labute approximate surface area is 210 Å². The van der Waals surface area contributed by atoms with Gasteiger partial charge in [0.05, 0.1) is 12.8 Å². The molecule has 0 spiro atoms. The van der Waals surface area contributed by atoms with Gasteiger partial charge in [-0.25, -0.2) is 9.69 Å². The van der Waals surface area contributed by atoms with Crippen LogP contribution < -0.4 is 19.7 Å². The molecule has 0 aromatic heterocycles. The number of carbonyl (C=O) groups is 3. The van der Waals surface area contributed by atoms with Crippen LogP contribution in [-0.4, -0.2) is 30.1 Å². The maximum Gasteiger partial charge on any atom is 0.335 e. The summed E-state index contributed by atoms with van der Waals surface area (Å²) in [5.74, 6) is -0.883. The zero-order chi connectivity index (χ0) is 25.1. The number of benzene rings is 3. The second-order valence-electron chi connectivity index (χ2n) is 7.41. The van der Waals surface area contributed by atoms with E-state index in [0.717, 1.165) is 10.5 Å². The number of phenolic OH excluding ortho intramolecular Hbond substituents is 1. The highest BCUT2D eigenvalue weighted by atomic mass is 35.5. The Morgan fingerprint density at radius 3 is 2.40 bits per heavy atom. The number of urea groups is 1. The van der Waals surface area contributed by atoms with Crippen molar-refractivity contribution in [2.75, 3.05) is 12.0 Å². The van der Waals surface area contributed by atoms with Crippen molar-refractivity contribution < 1.29 is 29.0 Å². The summed E-state index contributed by atoms with van der Waals surface area (Å²) >= 11 is 12.1. The summed E-state index contributed by atoms with van der Waals surface area (Å²) in [6.07, 6.45) is 1.35. The highest BCUT2D eigenvalue weighted by Gasteiger charge is 2.36. The Bertz CT molecular complexity index is 1350. The summed E-state index contributed by atoms with van der Waals surface area (Å²) in [7, 11) is 1.46. The molecule has 1 heterocycles. The monoisotopic (exact) mass is 512 g/mol. The molecular formula is C25H18Cl2N2O6. The average Bonchev–Trinajstić information content (AvgIpc) is 2.82. The van der Waals surface area contributed by atoms with Crippen molar-refractivity contribution in [3.63, 3.8) is 0 Å². The van der Waals surface area contributed by atoms with Gasteiger partial charge in [-0.2, -0.15) is 0 Å². The first-order chi connectivity index (χ1) is 16.8. The second kappa shape index (κ2) is 10.1. The van der Waals surface area contributed by atoms with Crippen molar-refractivity contribution >= 4 is 52.8 Å². The SMILES string of the molecule is COc1cc(/C=C2\C(=O)NC(=O)N(c3ccc(O)cc3)C2=O)ccc1OCc1ccc(Cl)cc1Cl. The van der Waals surface area contributed by atoms with Crippen LogP contribution in [0.15, 0.2) is 66.2 Å². The number of methoxy groups -OCH3 is 1. The zero-order valence-electron chi connectivity index (χ0n) is 18.2. The number of hydrogen-bond donors (Lipinski definition) is 2. The van der Waals surface area contributed by atoms with Gasteiger partial charge in [-0.1, -0.05) is 35.3 Å². The topological polar surface area (TPSA) is 105 Å². The van der Waals surface area contributed by atoms with Crippen LogP contribution in [-0.2, 0) is 16.2 Å². The van der Waals surface area contributed by atoms with Gasteiger partial charge in [0.25, 0.3) is 11.8 Å². The van der Waals surface area contributed by atoms with Gasteiger partial charge in [-0.05, 0) is 60.2 Å². The van der Waals surface area contributed by atoms with E-state index in [1.165, 1.54) is 37.5 Å². The van der Waals surface area contributed by atoms with Crippen molar-refractivity contribution in [2.45, 2.75) is 6.61 Å². The molecule has 0 atom stereocenters. The smallest absolute Gasteiger partial charge is 0.335 e. The number of rotatable bonds is 6. The molecule has 0 aliphatic carbocycles. The van der Waals surface area contributed by atoms with E-state index < -0.39 is 17.8 Å². The maximum atomic E-state index is 13.0. The van der Waals surface area contributed by atoms with E-state index in [0.29, 0.717) is 27.1 Å². The molecule has 178 valence electrons. The third kappa shape index (κ3) is 5.24. The molecular weight excluding hydrogens is 495 g/mol. The van der Waals surface area contributed by atoms with Gasteiger partial charge in [0, 0.05) is 15.6 Å². The number of halogens is 2. The van der Waals surface area contributed by atoms with Crippen LogP contribution in [0.25, 0.3) is 6.08 Å². The molecule has 3 aromatic rings. The number of aromatic hydroxyl groups is 1. The van der Waals surface area contributed by atoms with Gasteiger partial charge >= 0.3 is 6.03 Å². The maximum absolute atomic E-state index is 13.0. The number of nitrogens with zero attached hydrogens (tertiary/aromatic N) is 1. The fourth-order valence-corrected chi connectivity index (χ4v) is 3.81. The quantitative estimate of drug-likeness (QED) is 0.357. The fourth-order valence-electron chi connectivity index (χ4n) is 3.35. The van der Waals surface area contributed by atoms with Gasteiger partial charge in [0.1, 0.15) is 17.9 Å². The third-order valence-corrected chi connectivity index (χ3v) is 5.69. The number of phenols is 1.